The van der Waals surface area contributed by atoms with Crippen LogP contribution < -0.4 is 20.8 Å². The number of methoxy groups -OCH3 is 2. The lowest BCUT2D eigenvalue weighted by atomic mass is 10.0. The summed E-state index contributed by atoms with van der Waals surface area (Å²) in [6.45, 7) is 0.303. The van der Waals surface area contributed by atoms with E-state index in [4.69, 9.17) is 19.6 Å². The van der Waals surface area contributed by atoms with Gasteiger partial charge in [0.15, 0.2) is 23.0 Å². The maximum absolute atomic E-state index is 13.1. The van der Waals surface area contributed by atoms with Crippen LogP contribution in [0.3, 0.4) is 0 Å². The molecule has 33 heavy (non-hydrogen) atoms. The number of benzene rings is 2. The predicted octanol–water partition coefficient (Wildman–Crippen LogP) is 4.17. The van der Waals surface area contributed by atoms with E-state index in [1.165, 1.54) is 20.3 Å². The number of nitrogens with zero attached hydrogens (tertiary/aromatic N) is 1. The first-order chi connectivity index (χ1) is 15.5. The molecule has 8 nitrogen and oxygen atoms in total. The molecule has 0 radical (unpaired) electrons. The molecule has 0 unspecified atom stereocenters. The Hall–Kier alpha value is -3.88. The Morgan fingerprint density at radius 2 is 1.70 bits per heavy atom. The summed E-state index contributed by atoms with van der Waals surface area (Å²) < 4.78 is 17.9. The first-order valence-electron chi connectivity index (χ1n) is 9.86. The van der Waals surface area contributed by atoms with Gasteiger partial charge in [-0.3, -0.25) is 0 Å². The lowest BCUT2D eigenvalue weighted by Gasteiger charge is -2.08. The molecule has 3 aromatic heterocycles. The summed E-state index contributed by atoms with van der Waals surface area (Å²) >= 11 is 0. The topological polar surface area (TPSA) is 120 Å². The zero-order valence-corrected chi connectivity index (χ0v) is 18.6. The Kier molecular flexibility index (Phi) is 5.57. The zero-order valence-electron chi connectivity index (χ0n) is 17.8. The maximum Gasteiger partial charge on any atom is 0.361 e. The molecule has 9 heteroatoms. The van der Waals surface area contributed by atoms with E-state index in [0.717, 1.165) is 21.9 Å². The number of pyridine rings is 1. The van der Waals surface area contributed by atoms with Crippen molar-refractivity contribution >= 4 is 56.6 Å². The van der Waals surface area contributed by atoms with Gasteiger partial charge in [-0.15, -0.1) is 12.4 Å². The van der Waals surface area contributed by atoms with Gasteiger partial charge in [0.25, 0.3) is 0 Å². The molecule has 0 fully saturated rings. The Morgan fingerprint density at radius 3 is 2.36 bits per heavy atom. The van der Waals surface area contributed by atoms with Crippen molar-refractivity contribution in [2.45, 2.75) is 0 Å². The van der Waals surface area contributed by atoms with Crippen LogP contribution in [0.5, 0.6) is 23.0 Å². The molecule has 0 aliphatic rings. The smallest absolute Gasteiger partial charge is 0.361 e. The van der Waals surface area contributed by atoms with Crippen molar-refractivity contribution in [3.05, 3.63) is 58.6 Å². The molecule has 0 atom stereocenters. The van der Waals surface area contributed by atoms with Gasteiger partial charge < -0.3 is 34.2 Å². The van der Waals surface area contributed by atoms with Crippen LogP contribution in [0.2, 0.25) is 0 Å². The van der Waals surface area contributed by atoms with Gasteiger partial charge in [-0.05, 0) is 29.7 Å². The lowest BCUT2D eigenvalue weighted by Crippen LogP contribution is -2.02. The Balaban J connectivity index is 0.00000259. The van der Waals surface area contributed by atoms with Gasteiger partial charge in [-0.25, -0.2) is 4.79 Å². The van der Waals surface area contributed by atoms with Crippen LogP contribution >= 0.6 is 12.4 Å². The second-order valence-corrected chi connectivity index (χ2v) is 7.33. The van der Waals surface area contributed by atoms with E-state index in [0.29, 0.717) is 28.6 Å². The molecule has 2 aromatic carbocycles. The standard InChI is InChI=1S/C24H20N2O6.ClH/c1-30-19-9-14-12(8-16(19)27)5-7-26-22(14)13(4-3-6-25)21-15-10-20(31-2)17(28)11-18(15)32-24(29)23(21)26;/h3-5,7-11,27-28H,6,25H2,1-2H3;1H/b4-3+;. The van der Waals surface area contributed by atoms with Crippen molar-refractivity contribution in [3.63, 3.8) is 0 Å². The monoisotopic (exact) mass is 468 g/mol. The van der Waals surface area contributed by atoms with Gasteiger partial charge in [0, 0.05) is 40.5 Å². The van der Waals surface area contributed by atoms with Crippen molar-refractivity contribution in [3.8, 4) is 23.0 Å². The second-order valence-electron chi connectivity index (χ2n) is 7.33. The highest BCUT2D eigenvalue weighted by atomic mass is 35.5. The van der Waals surface area contributed by atoms with E-state index < -0.39 is 5.63 Å². The third-order valence-corrected chi connectivity index (χ3v) is 5.62. The van der Waals surface area contributed by atoms with E-state index in [1.54, 1.807) is 40.9 Å². The van der Waals surface area contributed by atoms with Crippen LogP contribution in [-0.2, 0) is 0 Å². The summed E-state index contributed by atoms with van der Waals surface area (Å²) in [5.41, 5.74) is 7.24. The van der Waals surface area contributed by atoms with Crippen LogP contribution in [-0.4, -0.2) is 35.4 Å². The molecule has 3 heterocycles. The molecular formula is C24H21ClN2O6. The number of ether oxygens (including phenoxy) is 2. The van der Waals surface area contributed by atoms with E-state index in [-0.39, 0.29) is 35.2 Å². The molecule has 0 aliphatic carbocycles. The lowest BCUT2D eigenvalue weighted by molar-refractivity contribution is 0.373. The molecule has 0 spiro atoms. The number of hydrogen-bond donors (Lipinski definition) is 3. The molecule has 170 valence electrons. The highest BCUT2D eigenvalue weighted by Gasteiger charge is 2.21. The highest BCUT2D eigenvalue weighted by molar-refractivity contribution is 6.17. The SMILES string of the molecule is COc1cc2c(cc1O)oc(=O)c1c2c(/C=C/CN)c2c3cc(OC)c(O)cc3ccn21.Cl. The van der Waals surface area contributed by atoms with Gasteiger partial charge >= 0.3 is 5.63 Å². The minimum absolute atomic E-state index is 0. The van der Waals surface area contributed by atoms with E-state index >= 15 is 0 Å². The average Bonchev–Trinajstić information content (AvgIpc) is 3.12. The maximum atomic E-state index is 13.1. The minimum atomic E-state index is -0.551. The number of aromatic nitrogens is 1. The fraction of sp³-hybridized carbons (Fsp3) is 0.125. The van der Waals surface area contributed by atoms with Crippen molar-refractivity contribution in [2.75, 3.05) is 20.8 Å². The second kappa shape index (κ2) is 8.23. The summed E-state index contributed by atoms with van der Waals surface area (Å²) in [5.74, 6) is 0.460. The van der Waals surface area contributed by atoms with E-state index in [9.17, 15) is 15.0 Å². The van der Waals surface area contributed by atoms with Crippen LogP contribution in [0, 0.1) is 0 Å². The Labute approximate surface area is 193 Å². The van der Waals surface area contributed by atoms with Crippen molar-refractivity contribution in [1.29, 1.82) is 0 Å². The summed E-state index contributed by atoms with van der Waals surface area (Å²) in [6, 6.07) is 8.16. The molecule has 0 saturated heterocycles. The quantitative estimate of drug-likeness (QED) is 0.338. The zero-order chi connectivity index (χ0) is 22.6. The molecular weight excluding hydrogens is 448 g/mol. The van der Waals surface area contributed by atoms with Crippen molar-refractivity contribution in [1.82, 2.24) is 4.40 Å². The first kappa shape index (κ1) is 22.3. The highest BCUT2D eigenvalue weighted by Crippen LogP contribution is 2.41. The van der Waals surface area contributed by atoms with E-state index in [2.05, 4.69) is 0 Å². The Bertz CT molecular complexity index is 1630. The van der Waals surface area contributed by atoms with Gasteiger partial charge in [-0.2, -0.15) is 0 Å². The normalized spacial score (nSPS) is 11.6. The number of phenolic OH excluding ortho intramolecular Hbond substituents is 2. The molecule has 5 rings (SSSR count). The van der Waals surface area contributed by atoms with Crippen LogP contribution in [0.15, 0.2) is 51.8 Å². The average molecular weight is 469 g/mol. The largest absolute Gasteiger partial charge is 0.504 e. The van der Waals surface area contributed by atoms with Crippen LogP contribution in [0.1, 0.15) is 5.56 Å². The Morgan fingerprint density at radius 1 is 1.03 bits per heavy atom. The number of hydrogen-bond acceptors (Lipinski definition) is 7. The number of nitrogens with two attached hydrogens (primary N) is 1. The van der Waals surface area contributed by atoms with Crippen LogP contribution in [0.25, 0.3) is 44.2 Å². The summed E-state index contributed by atoms with van der Waals surface area (Å²) in [4.78, 5) is 13.1. The van der Waals surface area contributed by atoms with Gasteiger partial charge in [0.2, 0.25) is 0 Å². The molecule has 4 N–H and O–H groups in total. The molecule has 0 bridgehead atoms. The summed E-state index contributed by atoms with van der Waals surface area (Å²) in [5, 5.41) is 23.2. The first-order valence-corrected chi connectivity index (χ1v) is 9.86. The predicted molar refractivity (Wildman–Crippen MR) is 130 cm³/mol. The van der Waals surface area contributed by atoms with Gasteiger partial charge in [0.05, 0.1) is 19.7 Å². The number of phenols is 2. The third kappa shape index (κ3) is 3.23. The minimum Gasteiger partial charge on any atom is -0.504 e. The number of rotatable bonds is 4. The van der Waals surface area contributed by atoms with E-state index in [1.807, 2.05) is 6.08 Å². The van der Waals surface area contributed by atoms with Crippen molar-refractivity contribution in [2.24, 2.45) is 5.73 Å². The number of aromatic hydroxyl groups is 2. The summed E-state index contributed by atoms with van der Waals surface area (Å²) in [7, 11) is 2.93. The third-order valence-electron chi connectivity index (χ3n) is 5.62. The van der Waals surface area contributed by atoms with Crippen LogP contribution in [0.4, 0.5) is 0 Å². The number of fused-ring (bicyclic) bond motifs is 7. The molecule has 0 aliphatic heterocycles. The summed E-state index contributed by atoms with van der Waals surface area (Å²) in [6.07, 6.45) is 5.41. The fourth-order valence-electron chi connectivity index (χ4n) is 4.24. The molecule has 0 saturated carbocycles. The number of halogens is 1. The van der Waals surface area contributed by atoms with Crippen molar-refractivity contribution < 1.29 is 24.1 Å². The van der Waals surface area contributed by atoms with Gasteiger partial charge in [-0.1, -0.05) is 12.2 Å². The molecule has 0 amide bonds. The molecule has 5 aromatic rings. The van der Waals surface area contributed by atoms with Gasteiger partial charge in [0.1, 0.15) is 11.1 Å². The fourth-order valence-corrected chi connectivity index (χ4v) is 4.24.